The fourth-order valence-corrected chi connectivity index (χ4v) is 3.36. The molecule has 0 bridgehead atoms. The van der Waals surface area contributed by atoms with E-state index in [4.69, 9.17) is 16.3 Å². The van der Waals surface area contributed by atoms with Crippen molar-refractivity contribution in [3.63, 3.8) is 0 Å². The Bertz CT molecular complexity index is 1000. The molecule has 1 heterocycles. The maximum Gasteiger partial charge on any atom is 0.342 e. The Morgan fingerprint density at radius 3 is 2.72 bits per heavy atom. The molecule has 0 unspecified atom stereocenters. The Hall–Kier alpha value is -2.77. The van der Waals surface area contributed by atoms with Crippen molar-refractivity contribution < 1.29 is 14.6 Å². The molecule has 6 nitrogen and oxygen atoms in total. The van der Waals surface area contributed by atoms with Crippen LogP contribution in [-0.2, 0) is 17.8 Å². The highest BCUT2D eigenvalue weighted by atomic mass is 35.5. The highest BCUT2D eigenvalue weighted by Crippen LogP contribution is 2.29. The molecule has 0 aliphatic carbocycles. The molecule has 0 spiro atoms. The number of carboxylic acid groups (broad SMARTS) is 1. The van der Waals surface area contributed by atoms with E-state index in [1.54, 1.807) is 30.3 Å². The maximum atomic E-state index is 11.8. The fraction of sp³-hybridized carbons (Fsp3) is 0.190. The van der Waals surface area contributed by atoms with Crippen LogP contribution in [0.25, 0.3) is 6.08 Å². The molecule has 0 aliphatic heterocycles. The number of nitrogens with zero attached hydrogens (tertiary/aromatic N) is 2. The summed E-state index contributed by atoms with van der Waals surface area (Å²) in [5, 5.41) is 17.6. The average molecular weight is 430 g/mol. The standard InChI is InChI=1S/C21H20ClN3O3S/c1-2-5-19-23-21(25-24-19)29-18(20(26)27)12-15-6-3-4-7-17(15)28-13-14-8-10-16(22)11-9-14/h3-4,6-12H,2,5,13H2,1H3,(H,26,27)(H,23,24,25)/b18-12-. The van der Waals surface area contributed by atoms with Crippen molar-refractivity contribution in [1.29, 1.82) is 0 Å². The largest absolute Gasteiger partial charge is 0.488 e. The summed E-state index contributed by atoms with van der Waals surface area (Å²) in [7, 11) is 0. The van der Waals surface area contributed by atoms with Gasteiger partial charge in [0.05, 0.1) is 0 Å². The van der Waals surface area contributed by atoms with E-state index >= 15 is 0 Å². The van der Waals surface area contributed by atoms with Gasteiger partial charge >= 0.3 is 5.97 Å². The normalized spacial score (nSPS) is 11.4. The van der Waals surface area contributed by atoms with Gasteiger partial charge in [0, 0.05) is 17.0 Å². The lowest BCUT2D eigenvalue weighted by molar-refractivity contribution is -0.131. The number of nitrogens with one attached hydrogen (secondary N) is 1. The molecule has 0 saturated carbocycles. The van der Waals surface area contributed by atoms with Crippen molar-refractivity contribution in [2.24, 2.45) is 0 Å². The Morgan fingerprint density at radius 1 is 1.24 bits per heavy atom. The van der Waals surface area contributed by atoms with Crippen molar-refractivity contribution in [3.8, 4) is 5.75 Å². The van der Waals surface area contributed by atoms with Gasteiger partial charge in [-0.15, -0.1) is 5.10 Å². The molecule has 0 radical (unpaired) electrons. The third-order valence-electron chi connectivity index (χ3n) is 3.92. The third kappa shape index (κ3) is 6.10. The van der Waals surface area contributed by atoms with Gasteiger partial charge < -0.3 is 9.84 Å². The number of carboxylic acids is 1. The number of aromatic amines is 1. The number of halogens is 1. The van der Waals surface area contributed by atoms with Crippen LogP contribution in [0.15, 0.2) is 58.6 Å². The minimum Gasteiger partial charge on any atom is -0.488 e. The summed E-state index contributed by atoms with van der Waals surface area (Å²) in [5.41, 5.74) is 1.63. The smallest absolute Gasteiger partial charge is 0.342 e. The molecule has 3 aromatic rings. The Morgan fingerprint density at radius 2 is 2.00 bits per heavy atom. The molecule has 0 fully saturated rings. The van der Waals surface area contributed by atoms with Gasteiger partial charge in [0.2, 0.25) is 5.16 Å². The van der Waals surface area contributed by atoms with Crippen LogP contribution in [0.5, 0.6) is 5.75 Å². The summed E-state index contributed by atoms with van der Waals surface area (Å²) in [6.07, 6.45) is 3.26. The molecule has 1 aromatic heterocycles. The number of aryl methyl sites for hydroxylation is 1. The number of H-pyrrole nitrogens is 1. The topological polar surface area (TPSA) is 88.1 Å². The Kier molecular flexibility index (Phi) is 7.32. The quantitative estimate of drug-likeness (QED) is 0.358. The number of hydrogen-bond donors (Lipinski definition) is 2. The van der Waals surface area contributed by atoms with Crippen LogP contribution in [0.3, 0.4) is 0 Å². The van der Waals surface area contributed by atoms with Gasteiger partial charge in [-0.05, 0) is 48.0 Å². The zero-order valence-electron chi connectivity index (χ0n) is 15.8. The highest BCUT2D eigenvalue weighted by Gasteiger charge is 2.15. The molecule has 2 aromatic carbocycles. The van der Waals surface area contributed by atoms with Gasteiger partial charge in [0.1, 0.15) is 23.1 Å². The monoisotopic (exact) mass is 429 g/mol. The van der Waals surface area contributed by atoms with Crippen LogP contribution in [0.1, 0.15) is 30.3 Å². The SMILES string of the molecule is CCCc1nc(S/C(=C\c2ccccc2OCc2ccc(Cl)cc2)C(=O)O)n[nH]1. The molecular weight excluding hydrogens is 410 g/mol. The molecule has 29 heavy (non-hydrogen) atoms. The number of rotatable bonds is 9. The van der Waals surface area contributed by atoms with Gasteiger partial charge in [-0.25, -0.2) is 9.78 Å². The second-order valence-electron chi connectivity index (χ2n) is 6.18. The minimum absolute atomic E-state index is 0.106. The summed E-state index contributed by atoms with van der Waals surface area (Å²) in [5.74, 6) is 0.277. The van der Waals surface area contributed by atoms with Gasteiger partial charge in [0.25, 0.3) is 0 Å². The zero-order valence-corrected chi connectivity index (χ0v) is 17.3. The van der Waals surface area contributed by atoms with Crippen LogP contribution in [0.4, 0.5) is 0 Å². The predicted octanol–water partition coefficient (Wildman–Crippen LogP) is 5.21. The van der Waals surface area contributed by atoms with Crippen molar-refractivity contribution in [2.75, 3.05) is 0 Å². The first kappa shape index (κ1) is 21.0. The number of aliphatic carboxylic acids is 1. The number of thioether (sulfide) groups is 1. The van der Waals surface area contributed by atoms with Crippen LogP contribution >= 0.6 is 23.4 Å². The van der Waals surface area contributed by atoms with E-state index in [2.05, 4.69) is 15.2 Å². The molecule has 2 N–H and O–H groups in total. The summed E-state index contributed by atoms with van der Waals surface area (Å²) in [4.78, 5) is 16.2. The first-order valence-electron chi connectivity index (χ1n) is 9.05. The molecule has 0 atom stereocenters. The summed E-state index contributed by atoms with van der Waals surface area (Å²) in [6, 6.07) is 14.7. The van der Waals surface area contributed by atoms with Gasteiger partial charge in [-0.3, -0.25) is 5.10 Å². The van der Waals surface area contributed by atoms with Crippen molar-refractivity contribution in [2.45, 2.75) is 31.5 Å². The van der Waals surface area contributed by atoms with Crippen LogP contribution in [0.2, 0.25) is 5.02 Å². The Labute approximate surface area is 178 Å². The van der Waals surface area contributed by atoms with Crippen LogP contribution in [-0.4, -0.2) is 26.3 Å². The molecule has 0 saturated heterocycles. The lowest BCUT2D eigenvalue weighted by atomic mass is 10.2. The number of benzene rings is 2. The van der Waals surface area contributed by atoms with Crippen LogP contribution in [0, 0.1) is 0 Å². The molecule has 0 amide bonds. The molecule has 150 valence electrons. The van der Waals surface area contributed by atoms with E-state index < -0.39 is 5.97 Å². The van der Waals surface area contributed by atoms with Crippen molar-refractivity contribution in [3.05, 3.63) is 75.4 Å². The number of carbonyl (C=O) groups is 1. The summed E-state index contributed by atoms with van der Waals surface area (Å²) >= 11 is 6.91. The third-order valence-corrected chi connectivity index (χ3v) is 5.05. The molecular formula is C21H20ClN3O3S. The van der Waals surface area contributed by atoms with Crippen LogP contribution < -0.4 is 4.74 Å². The molecule has 0 aliphatic rings. The lowest BCUT2D eigenvalue weighted by Gasteiger charge is -2.10. The van der Waals surface area contributed by atoms with E-state index in [-0.39, 0.29) is 4.91 Å². The molecule has 8 heteroatoms. The van der Waals surface area contributed by atoms with Gasteiger partial charge in [-0.2, -0.15) is 0 Å². The van der Waals surface area contributed by atoms with Crippen molar-refractivity contribution >= 4 is 35.4 Å². The first-order chi connectivity index (χ1) is 14.0. The first-order valence-corrected chi connectivity index (χ1v) is 10.2. The number of para-hydroxylation sites is 1. The van der Waals surface area contributed by atoms with E-state index in [1.807, 2.05) is 31.2 Å². The van der Waals surface area contributed by atoms with Crippen molar-refractivity contribution in [1.82, 2.24) is 15.2 Å². The number of hydrogen-bond acceptors (Lipinski definition) is 5. The predicted molar refractivity (Wildman–Crippen MR) is 114 cm³/mol. The van der Waals surface area contributed by atoms with Gasteiger partial charge in [0.15, 0.2) is 0 Å². The lowest BCUT2D eigenvalue weighted by Crippen LogP contribution is -1.99. The zero-order chi connectivity index (χ0) is 20.6. The van der Waals surface area contributed by atoms with E-state index in [1.165, 1.54) is 0 Å². The maximum absolute atomic E-state index is 11.8. The number of aromatic nitrogens is 3. The summed E-state index contributed by atoms with van der Waals surface area (Å²) < 4.78 is 5.90. The second-order valence-corrected chi connectivity index (χ2v) is 7.63. The molecule has 3 rings (SSSR count). The second kappa shape index (κ2) is 10.1. The summed E-state index contributed by atoms with van der Waals surface area (Å²) in [6.45, 7) is 2.39. The Balaban J connectivity index is 1.78. The highest BCUT2D eigenvalue weighted by molar-refractivity contribution is 8.04. The fourth-order valence-electron chi connectivity index (χ4n) is 2.52. The van der Waals surface area contributed by atoms with E-state index in [0.29, 0.717) is 28.1 Å². The number of ether oxygens (including phenoxy) is 1. The average Bonchev–Trinajstić information content (AvgIpc) is 3.15. The minimum atomic E-state index is -1.05. The van der Waals surface area contributed by atoms with Gasteiger partial charge in [-0.1, -0.05) is 48.9 Å². The van der Waals surface area contributed by atoms with E-state index in [0.717, 1.165) is 36.0 Å². The van der Waals surface area contributed by atoms with E-state index in [9.17, 15) is 9.90 Å².